The van der Waals surface area contributed by atoms with Gasteiger partial charge in [-0.1, -0.05) is 0 Å². The highest BCUT2D eigenvalue weighted by Crippen LogP contribution is 2.08. The van der Waals surface area contributed by atoms with E-state index in [2.05, 4.69) is 4.90 Å². The van der Waals surface area contributed by atoms with Crippen LogP contribution in [-0.2, 0) is 14.3 Å². The minimum atomic E-state index is -0.190. The van der Waals surface area contributed by atoms with Crippen LogP contribution in [0.25, 0.3) is 0 Å². The zero-order valence-corrected chi connectivity index (χ0v) is 9.44. The molecule has 0 amide bonds. The van der Waals surface area contributed by atoms with Crippen molar-refractivity contribution in [2.45, 2.75) is 19.0 Å². The lowest BCUT2D eigenvalue weighted by Gasteiger charge is -2.35. The smallest absolute Gasteiger partial charge is 0.177 e. The van der Waals surface area contributed by atoms with Gasteiger partial charge >= 0.3 is 0 Å². The molecule has 15 heavy (non-hydrogen) atoms. The Morgan fingerprint density at radius 2 is 2.47 bits per heavy atom. The van der Waals surface area contributed by atoms with Crippen molar-refractivity contribution < 1.29 is 14.3 Å². The third kappa shape index (κ3) is 3.87. The number of hydrogen-bond acceptors (Lipinski definition) is 5. The average Bonchev–Trinajstić information content (AvgIpc) is 2.18. The monoisotopic (exact) mass is 216 g/mol. The number of ether oxygens (including phenoxy) is 2. The first-order valence-electron chi connectivity index (χ1n) is 5.24. The van der Waals surface area contributed by atoms with E-state index in [1.165, 1.54) is 7.11 Å². The summed E-state index contributed by atoms with van der Waals surface area (Å²) in [5, 5.41) is 0. The molecule has 1 fully saturated rings. The van der Waals surface area contributed by atoms with Crippen LogP contribution in [0.3, 0.4) is 0 Å². The highest BCUT2D eigenvalue weighted by molar-refractivity contribution is 5.85. The Bertz CT molecular complexity index is 209. The molecule has 2 unspecified atom stereocenters. The number of methoxy groups -OCH3 is 1. The molecular weight excluding hydrogens is 196 g/mol. The Balaban J connectivity index is 2.52. The van der Waals surface area contributed by atoms with E-state index >= 15 is 0 Å². The largest absolute Gasteiger partial charge is 0.378 e. The lowest BCUT2D eigenvalue weighted by atomic mass is 10.1. The Labute approximate surface area is 90.5 Å². The number of carbonyl (C=O) groups is 1. The number of morpholine rings is 1. The van der Waals surface area contributed by atoms with E-state index in [0.717, 1.165) is 13.1 Å². The molecule has 88 valence electrons. The van der Waals surface area contributed by atoms with Crippen LogP contribution in [0.5, 0.6) is 0 Å². The number of carbonyl (C=O) groups excluding carboxylic acids is 1. The molecule has 0 aromatic heterocycles. The minimum absolute atomic E-state index is 0.0675. The Kier molecular flexibility index (Phi) is 5.17. The van der Waals surface area contributed by atoms with E-state index in [0.29, 0.717) is 13.2 Å². The fourth-order valence-corrected chi connectivity index (χ4v) is 1.76. The predicted molar refractivity (Wildman–Crippen MR) is 56.7 cm³/mol. The molecule has 0 aromatic rings. The lowest BCUT2D eigenvalue weighted by Crippen LogP contribution is -2.53. The first-order chi connectivity index (χ1) is 7.15. The Morgan fingerprint density at radius 1 is 1.73 bits per heavy atom. The molecule has 2 N–H and O–H groups in total. The third-order valence-electron chi connectivity index (χ3n) is 2.42. The molecule has 1 saturated heterocycles. The fourth-order valence-electron chi connectivity index (χ4n) is 1.76. The van der Waals surface area contributed by atoms with Crippen LogP contribution < -0.4 is 5.73 Å². The van der Waals surface area contributed by atoms with Crippen molar-refractivity contribution in [1.82, 2.24) is 4.90 Å². The van der Waals surface area contributed by atoms with Crippen molar-refractivity contribution in [3.8, 4) is 0 Å². The summed E-state index contributed by atoms with van der Waals surface area (Å²) in [4.78, 5) is 13.8. The predicted octanol–water partition coefficient (Wildman–Crippen LogP) is -0.750. The van der Waals surface area contributed by atoms with Crippen molar-refractivity contribution in [1.29, 1.82) is 0 Å². The zero-order chi connectivity index (χ0) is 11.3. The molecule has 1 aliphatic rings. The number of ketones is 1. The van der Waals surface area contributed by atoms with Gasteiger partial charge < -0.3 is 15.2 Å². The van der Waals surface area contributed by atoms with E-state index < -0.39 is 0 Å². The van der Waals surface area contributed by atoms with Crippen molar-refractivity contribution >= 4 is 5.78 Å². The normalized spacial score (nSPS) is 25.1. The SMILES string of the molecule is COCC(=O)C1COCCN1CC(C)N. The Hall–Kier alpha value is -0.490. The molecule has 0 radical (unpaired) electrons. The second-order valence-corrected chi connectivity index (χ2v) is 3.96. The first-order valence-corrected chi connectivity index (χ1v) is 5.24. The second-order valence-electron chi connectivity index (χ2n) is 3.96. The van der Waals surface area contributed by atoms with Gasteiger partial charge in [0.15, 0.2) is 5.78 Å². The van der Waals surface area contributed by atoms with Crippen LogP contribution in [0.2, 0.25) is 0 Å². The van der Waals surface area contributed by atoms with E-state index in [-0.39, 0.29) is 24.5 Å². The number of hydrogen-bond donors (Lipinski definition) is 1. The summed E-state index contributed by atoms with van der Waals surface area (Å²) in [6, 6.07) is -0.120. The van der Waals surface area contributed by atoms with Crippen molar-refractivity contribution in [3.05, 3.63) is 0 Å². The lowest BCUT2D eigenvalue weighted by molar-refractivity contribution is -0.134. The summed E-state index contributed by atoms with van der Waals surface area (Å²) in [7, 11) is 1.53. The summed E-state index contributed by atoms with van der Waals surface area (Å²) in [6.45, 7) is 4.69. The third-order valence-corrected chi connectivity index (χ3v) is 2.42. The summed E-state index contributed by atoms with van der Waals surface area (Å²) in [6.07, 6.45) is 0. The van der Waals surface area contributed by atoms with Crippen LogP contribution in [-0.4, -0.2) is 62.8 Å². The molecule has 5 heteroatoms. The van der Waals surface area contributed by atoms with Gasteiger partial charge in [-0.25, -0.2) is 0 Å². The van der Waals surface area contributed by atoms with E-state index in [9.17, 15) is 4.79 Å². The van der Waals surface area contributed by atoms with E-state index in [1.54, 1.807) is 0 Å². The standard InChI is InChI=1S/C10H20N2O3/c1-8(11)5-12-3-4-15-6-9(12)10(13)7-14-2/h8-9H,3-7,11H2,1-2H3. The summed E-state index contributed by atoms with van der Waals surface area (Å²) < 4.78 is 10.1. The van der Waals surface area contributed by atoms with Gasteiger partial charge in [-0.15, -0.1) is 0 Å². The molecular formula is C10H20N2O3. The van der Waals surface area contributed by atoms with E-state index in [1.807, 2.05) is 6.92 Å². The number of rotatable bonds is 5. The van der Waals surface area contributed by atoms with Gasteiger partial charge in [0.25, 0.3) is 0 Å². The van der Waals surface area contributed by atoms with Gasteiger partial charge in [0, 0.05) is 26.2 Å². The van der Waals surface area contributed by atoms with Gasteiger partial charge in [0.2, 0.25) is 0 Å². The highest BCUT2D eigenvalue weighted by atomic mass is 16.5. The first kappa shape index (κ1) is 12.6. The van der Waals surface area contributed by atoms with Crippen molar-refractivity contribution in [2.24, 2.45) is 5.73 Å². The maximum absolute atomic E-state index is 11.7. The van der Waals surface area contributed by atoms with Gasteiger partial charge in [-0.05, 0) is 6.92 Å². The molecule has 0 bridgehead atoms. The van der Waals surface area contributed by atoms with Crippen LogP contribution in [0.1, 0.15) is 6.92 Å². The van der Waals surface area contributed by atoms with Crippen LogP contribution >= 0.6 is 0 Å². The van der Waals surface area contributed by atoms with Crippen molar-refractivity contribution in [2.75, 3.05) is 40.0 Å². The highest BCUT2D eigenvalue weighted by Gasteiger charge is 2.29. The van der Waals surface area contributed by atoms with Crippen LogP contribution in [0, 0.1) is 0 Å². The maximum Gasteiger partial charge on any atom is 0.177 e. The topological polar surface area (TPSA) is 64.8 Å². The quantitative estimate of drug-likeness (QED) is 0.655. The molecule has 0 aliphatic carbocycles. The number of nitrogens with zero attached hydrogens (tertiary/aromatic N) is 1. The molecule has 1 aliphatic heterocycles. The Morgan fingerprint density at radius 3 is 3.07 bits per heavy atom. The molecule has 0 aromatic carbocycles. The average molecular weight is 216 g/mol. The van der Waals surface area contributed by atoms with Crippen molar-refractivity contribution in [3.63, 3.8) is 0 Å². The van der Waals surface area contributed by atoms with Gasteiger partial charge in [0.05, 0.1) is 19.3 Å². The number of nitrogens with two attached hydrogens (primary N) is 1. The molecule has 5 nitrogen and oxygen atoms in total. The van der Waals surface area contributed by atoms with Crippen LogP contribution in [0.4, 0.5) is 0 Å². The molecule has 1 rings (SSSR count). The summed E-state index contributed by atoms with van der Waals surface area (Å²) >= 11 is 0. The van der Waals surface area contributed by atoms with Crippen LogP contribution in [0.15, 0.2) is 0 Å². The molecule has 0 saturated carbocycles. The van der Waals surface area contributed by atoms with Gasteiger partial charge in [0.1, 0.15) is 6.61 Å². The molecule has 1 heterocycles. The molecule has 0 spiro atoms. The maximum atomic E-state index is 11.7. The van der Waals surface area contributed by atoms with Gasteiger partial charge in [-0.2, -0.15) is 0 Å². The zero-order valence-electron chi connectivity index (χ0n) is 9.44. The van der Waals surface area contributed by atoms with E-state index in [4.69, 9.17) is 15.2 Å². The fraction of sp³-hybridized carbons (Fsp3) is 0.900. The molecule has 2 atom stereocenters. The van der Waals surface area contributed by atoms with Gasteiger partial charge in [-0.3, -0.25) is 9.69 Å². The second kappa shape index (κ2) is 6.17. The minimum Gasteiger partial charge on any atom is -0.378 e. The summed E-state index contributed by atoms with van der Waals surface area (Å²) in [5.74, 6) is 0.0675. The number of Topliss-reactive ketones (excluding diaryl/α,β-unsaturated/α-hetero) is 1. The summed E-state index contributed by atoms with van der Waals surface area (Å²) in [5.41, 5.74) is 5.73.